The molecule has 0 aliphatic heterocycles. The predicted octanol–water partition coefficient (Wildman–Crippen LogP) is 7.27. The number of nitrogens with zero attached hydrogens (tertiary/aromatic N) is 1. The number of fused-ring (bicyclic) bond motifs is 2. The minimum atomic E-state index is -1.44. The second-order valence-electron chi connectivity index (χ2n) is 8.68. The molecule has 0 atom stereocenters. The van der Waals surface area contributed by atoms with Crippen LogP contribution in [0.2, 0.25) is 0 Å². The van der Waals surface area contributed by atoms with Gasteiger partial charge in [0.05, 0.1) is 22.6 Å². The van der Waals surface area contributed by atoms with Gasteiger partial charge >= 0.3 is 6.16 Å². The first-order valence-corrected chi connectivity index (χ1v) is 11.8. The molecule has 0 saturated carbocycles. The van der Waals surface area contributed by atoms with E-state index < -0.39 is 11.1 Å². The van der Waals surface area contributed by atoms with Crippen molar-refractivity contribution in [3.05, 3.63) is 100 Å². The van der Waals surface area contributed by atoms with Gasteiger partial charge < -0.3 is 19.6 Å². The van der Waals surface area contributed by atoms with Gasteiger partial charge in [0.15, 0.2) is 0 Å². The van der Waals surface area contributed by atoms with E-state index in [1.165, 1.54) is 6.07 Å². The molecule has 0 amide bonds. The molecule has 1 heterocycles. The molecule has 0 bridgehead atoms. The summed E-state index contributed by atoms with van der Waals surface area (Å²) in [5.41, 5.74) is 3.07. The van der Waals surface area contributed by atoms with E-state index in [1.807, 2.05) is 67.6 Å². The fourth-order valence-corrected chi connectivity index (χ4v) is 4.79. The number of nitro groups is 1. The highest BCUT2D eigenvalue weighted by molar-refractivity contribution is 6.00. The van der Waals surface area contributed by atoms with Crippen molar-refractivity contribution in [2.24, 2.45) is 0 Å². The van der Waals surface area contributed by atoms with Crippen molar-refractivity contribution in [1.29, 1.82) is 0 Å². The van der Waals surface area contributed by atoms with Crippen LogP contribution in [-0.2, 0) is 6.42 Å². The number of carboxylic acid groups (broad SMARTS) is 1. The highest BCUT2D eigenvalue weighted by atomic mass is 16.7. The lowest BCUT2D eigenvalue weighted by Gasteiger charge is -2.10. The molecule has 5 rings (SSSR count). The fourth-order valence-electron chi connectivity index (χ4n) is 4.79. The molecule has 1 aromatic heterocycles. The van der Waals surface area contributed by atoms with Crippen molar-refractivity contribution in [3.63, 3.8) is 0 Å². The van der Waals surface area contributed by atoms with Crippen LogP contribution in [-0.4, -0.2) is 27.8 Å². The van der Waals surface area contributed by atoms with Crippen LogP contribution in [0.3, 0.4) is 0 Å². The summed E-state index contributed by atoms with van der Waals surface area (Å²) in [6.07, 6.45) is -0.364. The zero-order valence-corrected chi connectivity index (χ0v) is 20.1. The molecule has 0 spiro atoms. The first-order chi connectivity index (χ1) is 17.9. The molecule has 0 aliphatic carbocycles. The van der Waals surface area contributed by atoms with Crippen molar-refractivity contribution >= 4 is 33.5 Å². The average molecular weight is 497 g/mol. The van der Waals surface area contributed by atoms with Crippen LogP contribution in [0.25, 0.3) is 32.8 Å². The van der Waals surface area contributed by atoms with Crippen LogP contribution in [0.1, 0.15) is 17.5 Å². The number of benzene rings is 4. The molecule has 0 aliphatic rings. The Morgan fingerprint density at radius 2 is 1.70 bits per heavy atom. The summed E-state index contributed by atoms with van der Waals surface area (Å²) in [7, 11) is 0. The van der Waals surface area contributed by atoms with Crippen LogP contribution in [0, 0.1) is 17.0 Å². The van der Waals surface area contributed by atoms with E-state index in [0.717, 1.165) is 27.5 Å². The maximum Gasteiger partial charge on any atom is 0.512 e. The molecule has 5 aromatic rings. The van der Waals surface area contributed by atoms with E-state index in [2.05, 4.69) is 4.98 Å². The number of aryl methyl sites for hydroxylation is 2. The van der Waals surface area contributed by atoms with Crippen LogP contribution in [0.5, 0.6) is 11.6 Å². The van der Waals surface area contributed by atoms with Crippen LogP contribution < -0.4 is 9.47 Å². The summed E-state index contributed by atoms with van der Waals surface area (Å²) >= 11 is 0. The SMILES string of the molecule is Cc1cccc([N+](=O)[O-])c1-c1cccc2c(CCCOc3cccc4ccccc34)c(OC(=O)O)[nH]c12. The Kier molecular flexibility index (Phi) is 6.47. The number of carbonyl (C=O) groups is 1. The number of rotatable bonds is 8. The molecular weight excluding hydrogens is 472 g/mol. The summed E-state index contributed by atoms with van der Waals surface area (Å²) in [4.78, 5) is 25.8. The van der Waals surface area contributed by atoms with Crippen molar-refractivity contribution in [2.45, 2.75) is 19.8 Å². The van der Waals surface area contributed by atoms with E-state index in [4.69, 9.17) is 9.47 Å². The Hall–Kier alpha value is -4.85. The smallest absolute Gasteiger partial charge is 0.493 e. The van der Waals surface area contributed by atoms with E-state index in [0.29, 0.717) is 41.7 Å². The van der Waals surface area contributed by atoms with Crippen molar-refractivity contribution < 1.29 is 24.3 Å². The number of nitrogens with one attached hydrogen (secondary N) is 1. The number of nitro benzene ring substituents is 1. The maximum absolute atomic E-state index is 11.8. The van der Waals surface area contributed by atoms with Gasteiger partial charge in [0.2, 0.25) is 5.88 Å². The Balaban J connectivity index is 1.47. The van der Waals surface area contributed by atoms with E-state index >= 15 is 0 Å². The standard InChI is InChI=1S/C29H24N2O6/c1-18-8-4-15-24(31(34)35)26(18)23-13-6-12-21-22(28(30-27(21)23)37-29(32)33)14-7-17-36-25-16-5-10-19-9-2-3-11-20(19)25/h2-6,8-13,15-16,30H,7,14,17H2,1H3,(H,32,33). The Morgan fingerprint density at radius 1 is 0.973 bits per heavy atom. The third-order valence-corrected chi connectivity index (χ3v) is 6.39. The molecule has 0 fully saturated rings. The van der Waals surface area contributed by atoms with Gasteiger partial charge in [0, 0.05) is 28.0 Å². The Morgan fingerprint density at radius 3 is 2.51 bits per heavy atom. The lowest BCUT2D eigenvalue weighted by molar-refractivity contribution is -0.384. The van der Waals surface area contributed by atoms with Crippen LogP contribution in [0.15, 0.2) is 78.9 Å². The summed E-state index contributed by atoms with van der Waals surface area (Å²) in [6.45, 7) is 2.22. The zero-order chi connectivity index (χ0) is 25.9. The number of hydrogen-bond donors (Lipinski definition) is 2. The van der Waals surface area contributed by atoms with Crippen molar-refractivity contribution in [2.75, 3.05) is 6.61 Å². The van der Waals surface area contributed by atoms with Gasteiger partial charge in [-0.25, -0.2) is 4.79 Å². The van der Waals surface area contributed by atoms with E-state index in [1.54, 1.807) is 12.1 Å². The minimum absolute atomic E-state index is 0.0205. The quantitative estimate of drug-likeness (QED) is 0.101. The van der Waals surface area contributed by atoms with Gasteiger partial charge in [-0.15, -0.1) is 0 Å². The second kappa shape index (κ2) is 10.0. The highest BCUT2D eigenvalue weighted by Crippen LogP contribution is 2.40. The second-order valence-corrected chi connectivity index (χ2v) is 8.68. The lowest BCUT2D eigenvalue weighted by Crippen LogP contribution is -2.06. The number of hydrogen-bond acceptors (Lipinski definition) is 5. The summed E-state index contributed by atoms with van der Waals surface area (Å²) in [6, 6.07) is 24.2. The number of H-pyrrole nitrogens is 1. The normalized spacial score (nSPS) is 11.1. The van der Waals surface area contributed by atoms with Crippen LogP contribution in [0.4, 0.5) is 10.5 Å². The third kappa shape index (κ3) is 4.69. The molecule has 186 valence electrons. The molecule has 8 nitrogen and oxygen atoms in total. The fraction of sp³-hybridized carbons (Fsp3) is 0.138. The monoisotopic (exact) mass is 496 g/mol. The van der Waals surface area contributed by atoms with Gasteiger partial charge in [-0.1, -0.05) is 66.7 Å². The molecule has 8 heteroatoms. The summed E-state index contributed by atoms with van der Waals surface area (Å²) < 4.78 is 11.1. The average Bonchev–Trinajstić information content (AvgIpc) is 3.23. The molecule has 0 saturated heterocycles. The molecule has 0 unspecified atom stereocenters. The topological polar surface area (TPSA) is 115 Å². The molecular formula is C29H24N2O6. The molecule has 0 radical (unpaired) electrons. The third-order valence-electron chi connectivity index (χ3n) is 6.39. The van der Waals surface area contributed by atoms with Gasteiger partial charge in [-0.3, -0.25) is 10.1 Å². The van der Waals surface area contributed by atoms with Gasteiger partial charge in [-0.2, -0.15) is 0 Å². The Labute approximate surface area is 212 Å². The number of aromatic nitrogens is 1. The van der Waals surface area contributed by atoms with Crippen molar-refractivity contribution in [1.82, 2.24) is 4.98 Å². The first kappa shape index (κ1) is 23.9. The largest absolute Gasteiger partial charge is 0.512 e. The molecule has 4 aromatic carbocycles. The predicted molar refractivity (Wildman–Crippen MR) is 142 cm³/mol. The number of ether oxygens (including phenoxy) is 2. The van der Waals surface area contributed by atoms with Crippen LogP contribution >= 0.6 is 0 Å². The summed E-state index contributed by atoms with van der Waals surface area (Å²) in [5.74, 6) is 0.893. The van der Waals surface area contributed by atoms with Gasteiger partial charge in [0.1, 0.15) is 5.75 Å². The van der Waals surface area contributed by atoms with Gasteiger partial charge in [-0.05, 0) is 36.8 Å². The molecule has 37 heavy (non-hydrogen) atoms. The van der Waals surface area contributed by atoms with E-state index in [-0.39, 0.29) is 11.6 Å². The van der Waals surface area contributed by atoms with Gasteiger partial charge in [0.25, 0.3) is 5.69 Å². The number of aromatic amines is 1. The van der Waals surface area contributed by atoms with E-state index in [9.17, 15) is 20.0 Å². The molecule has 2 N–H and O–H groups in total. The zero-order valence-electron chi connectivity index (χ0n) is 20.1. The lowest BCUT2D eigenvalue weighted by atomic mass is 9.96. The maximum atomic E-state index is 11.8. The first-order valence-electron chi connectivity index (χ1n) is 11.8. The minimum Gasteiger partial charge on any atom is -0.493 e. The van der Waals surface area contributed by atoms with Crippen molar-refractivity contribution in [3.8, 4) is 22.8 Å². The highest BCUT2D eigenvalue weighted by Gasteiger charge is 2.23. The number of para-hydroxylation sites is 1. The Bertz CT molecular complexity index is 1630. The summed E-state index contributed by atoms with van der Waals surface area (Å²) in [5, 5.41) is 23.9.